The van der Waals surface area contributed by atoms with Gasteiger partial charge in [-0.1, -0.05) is 42.5 Å². The van der Waals surface area contributed by atoms with Crippen molar-refractivity contribution in [2.45, 2.75) is 32.4 Å². The van der Waals surface area contributed by atoms with Crippen molar-refractivity contribution in [2.24, 2.45) is 0 Å². The molecule has 0 saturated carbocycles. The first-order valence-corrected chi connectivity index (χ1v) is 7.64. The molecule has 1 aliphatic heterocycles. The molecule has 1 saturated heterocycles. The standard InChI is InChI=1S/C18H22N2O/c1-13-11-19-12-14(2)20(13)18(21)10-15-7-8-16-5-3-4-6-17(16)9-15/h3-9,13-14,19H,10-12H2,1-2H3. The van der Waals surface area contributed by atoms with Crippen LogP contribution < -0.4 is 5.32 Å². The average Bonchev–Trinajstić information content (AvgIpc) is 2.47. The number of carbonyl (C=O) groups is 1. The van der Waals surface area contributed by atoms with E-state index in [1.165, 1.54) is 10.8 Å². The Bertz CT molecular complexity index is 642. The van der Waals surface area contributed by atoms with Gasteiger partial charge in [-0.3, -0.25) is 4.79 Å². The summed E-state index contributed by atoms with van der Waals surface area (Å²) in [5, 5.41) is 5.78. The Kier molecular flexibility index (Phi) is 3.93. The van der Waals surface area contributed by atoms with Crippen LogP contribution in [0.1, 0.15) is 19.4 Å². The van der Waals surface area contributed by atoms with Crippen LogP contribution in [0.4, 0.5) is 0 Å². The van der Waals surface area contributed by atoms with E-state index in [4.69, 9.17) is 0 Å². The van der Waals surface area contributed by atoms with Gasteiger partial charge in [-0.05, 0) is 30.2 Å². The predicted molar refractivity (Wildman–Crippen MR) is 86.3 cm³/mol. The number of amides is 1. The number of piperazine rings is 1. The lowest BCUT2D eigenvalue weighted by atomic mass is 10.0. The van der Waals surface area contributed by atoms with E-state index in [2.05, 4.69) is 49.5 Å². The number of benzene rings is 2. The maximum absolute atomic E-state index is 12.6. The Labute approximate surface area is 125 Å². The fourth-order valence-electron chi connectivity index (χ4n) is 3.24. The van der Waals surface area contributed by atoms with Crippen molar-refractivity contribution >= 4 is 16.7 Å². The van der Waals surface area contributed by atoms with Crippen LogP contribution in [0, 0.1) is 0 Å². The number of hydrogen-bond donors (Lipinski definition) is 1. The maximum atomic E-state index is 12.6. The molecule has 0 radical (unpaired) electrons. The third-order valence-corrected chi connectivity index (χ3v) is 4.29. The SMILES string of the molecule is CC1CNCC(C)N1C(=O)Cc1ccc2ccccc2c1. The summed E-state index contributed by atoms with van der Waals surface area (Å²) < 4.78 is 0. The van der Waals surface area contributed by atoms with Crippen LogP contribution >= 0.6 is 0 Å². The fourth-order valence-corrected chi connectivity index (χ4v) is 3.24. The van der Waals surface area contributed by atoms with Gasteiger partial charge < -0.3 is 10.2 Å². The molecule has 1 N–H and O–H groups in total. The van der Waals surface area contributed by atoms with Crippen LogP contribution in [0.3, 0.4) is 0 Å². The van der Waals surface area contributed by atoms with Crippen molar-refractivity contribution in [2.75, 3.05) is 13.1 Å². The van der Waals surface area contributed by atoms with Gasteiger partial charge in [0.15, 0.2) is 0 Å². The Hall–Kier alpha value is -1.87. The number of rotatable bonds is 2. The Morgan fingerprint density at radius 2 is 1.76 bits per heavy atom. The first-order valence-electron chi connectivity index (χ1n) is 7.64. The second-order valence-corrected chi connectivity index (χ2v) is 6.02. The molecule has 2 aromatic rings. The zero-order valence-corrected chi connectivity index (χ0v) is 12.7. The van der Waals surface area contributed by atoms with Crippen molar-refractivity contribution in [3.05, 3.63) is 48.0 Å². The molecule has 0 aromatic heterocycles. The van der Waals surface area contributed by atoms with E-state index < -0.39 is 0 Å². The lowest BCUT2D eigenvalue weighted by Crippen LogP contribution is -2.57. The second-order valence-electron chi connectivity index (χ2n) is 6.02. The van der Waals surface area contributed by atoms with Crippen molar-refractivity contribution in [1.82, 2.24) is 10.2 Å². The highest BCUT2D eigenvalue weighted by Crippen LogP contribution is 2.18. The second kappa shape index (κ2) is 5.86. The van der Waals surface area contributed by atoms with E-state index in [-0.39, 0.29) is 18.0 Å². The van der Waals surface area contributed by atoms with E-state index in [0.29, 0.717) is 6.42 Å². The van der Waals surface area contributed by atoms with Crippen LogP contribution in [0.25, 0.3) is 10.8 Å². The Morgan fingerprint density at radius 1 is 1.10 bits per heavy atom. The van der Waals surface area contributed by atoms with Gasteiger partial charge in [0.1, 0.15) is 0 Å². The van der Waals surface area contributed by atoms with Crippen LogP contribution in [0.5, 0.6) is 0 Å². The summed E-state index contributed by atoms with van der Waals surface area (Å²) in [4.78, 5) is 14.7. The smallest absolute Gasteiger partial charge is 0.227 e. The summed E-state index contributed by atoms with van der Waals surface area (Å²) in [6, 6.07) is 15.1. The number of fused-ring (bicyclic) bond motifs is 1. The lowest BCUT2D eigenvalue weighted by Gasteiger charge is -2.39. The summed E-state index contributed by atoms with van der Waals surface area (Å²) in [6.07, 6.45) is 0.486. The van der Waals surface area contributed by atoms with Gasteiger partial charge in [0.05, 0.1) is 6.42 Å². The number of hydrogen-bond acceptors (Lipinski definition) is 2. The zero-order chi connectivity index (χ0) is 14.8. The van der Waals surface area contributed by atoms with Crippen LogP contribution in [0.15, 0.2) is 42.5 Å². The van der Waals surface area contributed by atoms with Crippen LogP contribution in [-0.2, 0) is 11.2 Å². The van der Waals surface area contributed by atoms with Gasteiger partial charge in [-0.15, -0.1) is 0 Å². The predicted octanol–water partition coefficient (Wildman–Crippen LogP) is 2.59. The average molecular weight is 282 g/mol. The fraction of sp³-hybridized carbons (Fsp3) is 0.389. The molecular formula is C18H22N2O. The molecule has 1 heterocycles. The molecule has 1 amide bonds. The summed E-state index contributed by atoms with van der Waals surface area (Å²) in [5.74, 6) is 0.229. The molecule has 3 nitrogen and oxygen atoms in total. The van der Waals surface area contributed by atoms with E-state index in [0.717, 1.165) is 18.7 Å². The van der Waals surface area contributed by atoms with Crippen LogP contribution in [0.2, 0.25) is 0 Å². The Morgan fingerprint density at radius 3 is 2.48 bits per heavy atom. The quantitative estimate of drug-likeness (QED) is 0.918. The summed E-state index contributed by atoms with van der Waals surface area (Å²) in [5.41, 5.74) is 1.09. The van der Waals surface area contributed by atoms with E-state index in [1.54, 1.807) is 0 Å². The number of nitrogens with zero attached hydrogens (tertiary/aromatic N) is 1. The summed E-state index contributed by atoms with van der Waals surface area (Å²) in [7, 11) is 0. The van der Waals surface area contributed by atoms with Gasteiger partial charge in [0.25, 0.3) is 0 Å². The Balaban J connectivity index is 1.79. The molecular weight excluding hydrogens is 260 g/mol. The summed E-state index contributed by atoms with van der Waals surface area (Å²) >= 11 is 0. The van der Waals surface area contributed by atoms with Gasteiger partial charge in [-0.2, -0.15) is 0 Å². The van der Waals surface area contributed by atoms with Crippen molar-refractivity contribution < 1.29 is 4.79 Å². The van der Waals surface area contributed by atoms with Crippen molar-refractivity contribution in [3.8, 4) is 0 Å². The van der Waals surface area contributed by atoms with Crippen molar-refractivity contribution in [3.63, 3.8) is 0 Å². The monoisotopic (exact) mass is 282 g/mol. The van der Waals surface area contributed by atoms with Gasteiger partial charge in [0.2, 0.25) is 5.91 Å². The van der Waals surface area contributed by atoms with E-state index >= 15 is 0 Å². The molecule has 2 aromatic carbocycles. The highest BCUT2D eigenvalue weighted by molar-refractivity contribution is 5.85. The largest absolute Gasteiger partial charge is 0.334 e. The number of carbonyl (C=O) groups excluding carboxylic acids is 1. The van der Waals surface area contributed by atoms with Gasteiger partial charge in [0, 0.05) is 25.2 Å². The molecule has 0 bridgehead atoms. The van der Waals surface area contributed by atoms with Gasteiger partial charge >= 0.3 is 0 Å². The summed E-state index contributed by atoms with van der Waals surface area (Å²) in [6.45, 7) is 5.99. The number of nitrogens with one attached hydrogen (secondary N) is 1. The molecule has 2 unspecified atom stereocenters. The maximum Gasteiger partial charge on any atom is 0.227 e. The molecule has 21 heavy (non-hydrogen) atoms. The molecule has 110 valence electrons. The normalized spacial score (nSPS) is 22.5. The van der Waals surface area contributed by atoms with E-state index in [9.17, 15) is 4.79 Å². The first-order chi connectivity index (χ1) is 10.1. The molecule has 2 atom stereocenters. The first kappa shape index (κ1) is 14.1. The minimum absolute atomic E-state index is 0.229. The highest BCUT2D eigenvalue weighted by atomic mass is 16.2. The molecule has 3 rings (SSSR count). The third kappa shape index (κ3) is 2.93. The topological polar surface area (TPSA) is 32.3 Å². The molecule has 1 fully saturated rings. The molecule has 1 aliphatic rings. The minimum atomic E-state index is 0.229. The lowest BCUT2D eigenvalue weighted by molar-refractivity contribution is -0.135. The molecule has 3 heteroatoms. The van der Waals surface area contributed by atoms with Crippen LogP contribution in [-0.4, -0.2) is 36.0 Å². The molecule has 0 aliphatic carbocycles. The zero-order valence-electron chi connectivity index (χ0n) is 12.7. The van der Waals surface area contributed by atoms with Gasteiger partial charge in [-0.25, -0.2) is 0 Å². The third-order valence-electron chi connectivity index (χ3n) is 4.29. The minimum Gasteiger partial charge on any atom is -0.334 e. The van der Waals surface area contributed by atoms with Crippen molar-refractivity contribution in [1.29, 1.82) is 0 Å². The highest BCUT2D eigenvalue weighted by Gasteiger charge is 2.28. The molecule has 0 spiro atoms. The van der Waals surface area contributed by atoms with E-state index in [1.807, 2.05) is 17.0 Å².